The van der Waals surface area contributed by atoms with Crippen molar-refractivity contribution in [3.8, 4) is 0 Å². The summed E-state index contributed by atoms with van der Waals surface area (Å²) in [4.78, 5) is 2.76. The molecule has 2 saturated heterocycles. The molecule has 2 rings (SSSR count). The van der Waals surface area contributed by atoms with Gasteiger partial charge >= 0.3 is 0 Å². The fourth-order valence-electron chi connectivity index (χ4n) is 2.59. The molecule has 0 aromatic rings. The molecule has 0 N–H and O–H groups in total. The van der Waals surface area contributed by atoms with Crippen LogP contribution in [0.4, 0.5) is 0 Å². The molecule has 0 aromatic carbocycles. The van der Waals surface area contributed by atoms with E-state index in [4.69, 9.17) is 15.0 Å². The van der Waals surface area contributed by atoms with E-state index in [9.17, 15) is 0 Å². The lowest BCUT2D eigenvalue weighted by Crippen LogP contribution is -2.31. The van der Waals surface area contributed by atoms with E-state index in [1.54, 1.807) is 0 Å². The lowest BCUT2D eigenvalue weighted by atomic mass is 9.91. The topological polar surface area (TPSA) is 67.2 Å². The molecule has 0 unspecified atom stereocenters. The zero-order valence-electron chi connectivity index (χ0n) is 9.27. The van der Waals surface area contributed by atoms with Gasteiger partial charge in [0.25, 0.3) is 0 Å². The highest BCUT2D eigenvalue weighted by Crippen LogP contribution is 2.43. The van der Waals surface area contributed by atoms with E-state index in [0.29, 0.717) is 13.2 Å². The molecule has 2 fully saturated rings. The van der Waals surface area contributed by atoms with Gasteiger partial charge in [-0.3, -0.25) is 0 Å². The fraction of sp³-hybridized carbons (Fsp3) is 1.00. The maximum atomic E-state index is 8.24. The Bertz CT molecular complexity index is 299. The van der Waals surface area contributed by atoms with Crippen LogP contribution in [0.2, 0.25) is 0 Å². The second kappa shape index (κ2) is 3.67. The van der Waals surface area contributed by atoms with Crippen LogP contribution < -0.4 is 0 Å². The molecule has 5 nitrogen and oxygen atoms in total. The van der Waals surface area contributed by atoms with Crippen molar-refractivity contribution in [2.24, 2.45) is 5.11 Å². The Hall–Kier alpha value is -0.770. The Balaban J connectivity index is 1.95. The molecule has 5 heteroatoms. The highest BCUT2D eigenvalue weighted by atomic mass is 16.6. The molecule has 1 spiro atoms. The van der Waals surface area contributed by atoms with Crippen molar-refractivity contribution < 1.29 is 9.47 Å². The smallest absolute Gasteiger partial charge is 0.0947 e. The predicted molar refractivity (Wildman–Crippen MR) is 55.5 cm³/mol. The molecule has 84 valence electrons. The molecule has 0 aliphatic carbocycles. The van der Waals surface area contributed by atoms with E-state index in [1.165, 1.54) is 0 Å². The molecule has 0 bridgehead atoms. The van der Waals surface area contributed by atoms with Crippen molar-refractivity contribution in [3.63, 3.8) is 0 Å². The average Bonchev–Trinajstić information content (AvgIpc) is 2.68. The third-order valence-electron chi connectivity index (χ3n) is 3.16. The molecule has 2 atom stereocenters. The molecule has 2 aliphatic rings. The van der Waals surface area contributed by atoms with Crippen molar-refractivity contribution in [3.05, 3.63) is 10.4 Å². The average molecular weight is 211 g/mol. The van der Waals surface area contributed by atoms with E-state index >= 15 is 0 Å². The van der Waals surface area contributed by atoms with Gasteiger partial charge in [0.2, 0.25) is 0 Å². The molecule has 0 amide bonds. The van der Waals surface area contributed by atoms with Crippen LogP contribution in [-0.2, 0) is 9.47 Å². The van der Waals surface area contributed by atoms with Gasteiger partial charge < -0.3 is 9.47 Å². The first-order valence-corrected chi connectivity index (χ1v) is 5.38. The van der Waals surface area contributed by atoms with Crippen LogP contribution in [0.1, 0.15) is 33.1 Å². The zero-order valence-corrected chi connectivity index (χ0v) is 9.27. The van der Waals surface area contributed by atoms with E-state index in [1.807, 2.05) is 0 Å². The number of ether oxygens (including phenoxy) is 2. The Kier molecular flexibility index (Phi) is 2.63. The third kappa shape index (κ3) is 2.25. The third-order valence-corrected chi connectivity index (χ3v) is 3.16. The number of rotatable bonds is 2. The summed E-state index contributed by atoms with van der Waals surface area (Å²) in [5.74, 6) is 0. The summed E-state index contributed by atoms with van der Waals surface area (Å²) in [6.07, 6.45) is 3.01. The minimum atomic E-state index is -0.112. The van der Waals surface area contributed by atoms with Crippen LogP contribution >= 0.6 is 0 Å². The van der Waals surface area contributed by atoms with Crippen LogP contribution in [0, 0.1) is 0 Å². The Morgan fingerprint density at radius 2 is 2.33 bits per heavy atom. The van der Waals surface area contributed by atoms with Crippen LogP contribution in [0.25, 0.3) is 10.4 Å². The maximum absolute atomic E-state index is 8.24. The monoisotopic (exact) mass is 211 g/mol. The van der Waals surface area contributed by atoms with Crippen LogP contribution in [-0.4, -0.2) is 30.5 Å². The van der Waals surface area contributed by atoms with E-state index in [2.05, 4.69) is 23.9 Å². The van der Waals surface area contributed by atoms with Crippen molar-refractivity contribution in [2.45, 2.75) is 50.4 Å². The lowest BCUT2D eigenvalue weighted by molar-refractivity contribution is -0.0433. The number of nitrogens with zero attached hydrogens (tertiary/aromatic N) is 3. The first-order valence-electron chi connectivity index (χ1n) is 5.38. The summed E-state index contributed by atoms with van der Waals surface area (Å²) in [6.45, 7) is 5.29. The molecular formula is C10H17N3O2. The summed E-state index contributed by atoms with van der Waals surface area (Å²) < 4.78 is 11.7. The molecule has 15 heavy (non-hydrogen) atoms. The Morgan fingerprint density at radius 1 is 1.53 bits per heavy atom. The van der Waals surface area contributed by atoms with Gasteiger partial charge in [0.05, 0.1) is 30.5 Å². The summed E-state index contributed by atoms with van der Waals surface area (Å²) in [6, 6.07) is 0. The zero-order chi connectivity index (χ0) is 10.9. The number of azide groups is 1. The van der Waals surface area contributed by atoms with E-state index in [0.717, 1.165) is 19.3 Å². The van der Waals surface area contributed by atoms with Crippen molar-refractivity contribution >= 4 is 0 Å². The second-order valence-corrected chi connectivity index (χ2v) is 5.10. The molecular weight excluding hydrogens is 194 g/mol. The van der Waals surface area contributed by atoms with Crippen molar-refractivity contribution in [1.29, 1.82) is 0 Å². The fourth-order valence-corrected chi connectivity index (χ4v) is 2.59. The molecule has 0 aromatic heterocycles. The Morgan fingerprint density at radius 3 is 2.93 bits per heavy atom. The maximum Gasteiger partial charge on any atom is 0.0947 e. The second-order valence-electron chi connectivity index (χ2n) is 5.10. The van der Waals surface area contributed by atoms with Crippen LogP contribution in [0.5, 0.6) is 0 Å². The number of hydrogen-bond acceptors (Lipinski definition) is 3. The molecule has 2 heterocycles. The minimum absolute atomic E-state index is 0.0760. The summed E-state index contributed by atoms with van der Waals surface area (Å²) in [5.41, 5.74) is 8.06. The highest BCUT2D eigenvalue weighted by Gasteiger charge is 2.49. The number of hydrogen-bond donors (Lipinski definition) is 0. The van der Waals surface area contributed by atoms with E-state index in [-0.39, 0.29) is 17.3 Å². The highest BCUT2D eigenvalue weighted by molar-refractivity contribution is 4.99. The first kappa shape index (κ1) is 10.7. The van der Waals surface area contributed by atoms with Crippen LogP contribution in [0.3, 0.4) is 0 Å². The van der Waals surface area contributed by atoms with Crippen molar-refractivity contribution in [1.82, 2.24) is 0 Å². The van der Waals surface area contributed by atoms with Gasteiger partial charge in [0.15, 0.2) is 0 Å². The van der Waals surface area contributed by atoms with Gasteiger partial charge in [-0.1, -0.05) is 5.11 Å². The Labute approximate surface area is 89.4 Å². The SMILES string of the molecule is CC1(C)C[C@]2(CC[C@@H](CN=[N+]=[N-])O2)CO1. The van der Waals surface area contributed by atoms with Gasteiger partial charge in [-0.25, -0.2) is 0 Å². The van der Waals surface area contributed by atoms with Crippen molar-refractivity contribution in [2.75, 3.05) is 13.2 Å². The summed E-state index contributed by atoms with van der Waals surface area (Å²) >= 11 is 0. The van der Waals surface area contributed by atoms with Crippen LogP contribution in [0.15, 0.2) is 5.11 Å². The minimum Gasteiger partial charge on any atom is -0.372 e. The predicted octanol–water partition coefficient (Wildman–Crippen LogP) is 2.41. The normalized spacial score (nSPS) is 38.1. The summed E-state index contributed by atoms with van der Waals surface area (Å²) in [7, 11) is 0. The quantitative estimate of drug-likeness (QED) is 0.400. The first-order chi connectivity index (χ1) is 7.05. The largest absolute Gasteiger partial charge is 0.372 e. The van der Waals surface area contributed by atoms with E-state index < -0.39 is 0 Å². The standard InChI is InChI=1S/C10H17N3O2/c1-9(2)6-10(7-14-9)4-3-8(15-10)5-12-13-11/h8H,3-7H2,1-2H3/t8-,10+/m0/s1. The van der Waals surface area contributed by atoms with Gasteiger partial charge in [0.1, 0.15) is 0 Å². The lowest BCUT2D eigenvalue weighted by Gasteiger charge is -2.23. The van der Waals surface area contributed by atoms with Gasteiger partial charge in [-0.2, -0.15) is 0 Å². The molecule has 2 aliphatic heterocycles. The summed E-state index contributed by atoms with van der Waals surface area (Å²) in [5, 5.41) is 3.56. The van der Waals surface area contributed by atoms with Gasteiger partial charge in [-0.05, 0) is 32.2 Å². The molecule has 0 saturated carbocycles. The molecule has 0 radical (unpaired) electrons. The van der Waals surface area contributed by atoms with Gasteiger partial charge in [-0.15, -0.1) is 0 Å². The van der Waals surface area contributed by atoms with Gasteiger partial charge in [0, 0.05) is 11.3 Å².